The van der Waals surface area contributed by atoms with Gasteiger partial charge in [-0.15, -0.1) is 0 Å². The Hall–Kier alpha value is -1.45. The molecule has 1 aromatic carbocycles. The molecule has 2 amide bonds. The molecule has 0 saturated heterocycles. The number of hydrogen-bond donors (Lipinski definition) is 2. The third kappa shape index (κ3) is 3.78. The highest BCUT2D eigenvalue weighted by atomic mass is 79.9. The molecule has 1 aromatic rings. The molecule has 0 spiro atoms. The van der Waals surface area contributed by atoms with E-state index < -0.39 is 21.8 Å². The number of benzene rings is 1. The Labute approximate surface area is 125 Å². The van der Waals surface area contributed by atoms with Crippen molar-refractivity contribution < 1.29 is 18.0 Å². The molecule has 0 unspecified atom stereocenters. The Bertz CT molecular complexity index is 643. The van der Waals surface area contributed by atoms with Crippen LogP contribution in [0.3, 0.4) is 0 Å². The van der Waals surface area contributed by atoms with Crippen LogP contribution >= 0.6 is 15.9 Å². The van der Waals surface area contributed by atoms with E-state index in [1.54, 1.807) is 0 Å². The number of carbonyl (C=O) groups excluding carboxylic acids is 2. The van der Waals surface area contributed by atoms with Gasteiger partial charge in [0.25, 0.3) is 5.91 Å². The van der Waals surface area contributed by atoms with E-state index in [9.17, 15) is 18.0 Å². The summed E-state index contributed by atoms with van der Waals surface area (Å²) in [7, 11) is -0.854. The molecule has 0 bridgehead atoms. The number of primary amides is 1. The molecule has 0 aliphatic heterocycles. The maximum Gasteiger partial charge on any atom is 0.252 e. The van der Waals surface area contributed by atoms with Crippen molar-refractivity contribution in [1.29, 1.82) is 0 Å². The highest BCUT2D eigenvalue weighted by molar-refractivity contribution is 9.10. The molecule has 1 rings (SSSR count). The van der Waals surface area contributed by atoms with Gasteiger partial charge in [-0.1, -0.05) is 0 Å². The second kappa shape index (κ2) is 6.33. The first-order valence-electron chi connectivity index (χ1n) is 5.45. The van der Waals surface area contributed by atoms with Crippen LogP contribution in [0.2, 0.25) is 0 Å². The quantitative estimate of drug-likeness (QED) is 0.761. The molecule has 110 valence electrons. The largest absolute Gasteiger partial charge is 0.368 e. The summed E-state index contributed by atoms with van der Waals surface area (Å²) in [6.07, 6.45) is 0. The number of halogens is 1. The number of nitrogens with two attached hydrogens (primary N) is 1. The molecule has 0 aliphatic carbocycles. The van der Waals surface area contributed by atoms with E-state index in [4.69, 9.17) is 5.73 Å². The van der Waals surface area contributed by atoms with E-state index in [2.05, 4.69) is 21.2 Å². The number of rotatable bonds is 5. The fourth-order valence-corrected chi connectivity index (χ4v) is 2.67. The zero-order valence-electron chi connectivity index (χ0n) is 10.9. The number of amides is 2. The number of nitrogens with zero attached hydrogens (tertiary/aromatic N) is 1. The zero-order valence-corrected chi connectivity index (χ0v) is 13.3. The van der Waals surface area contributed by atoms with Crippen LogP contribution in [0.1, 0.15) is 10.4 Å². The van der Waals surface area contributed by atoms with Crippen molar-refractivity contribution >= 4 is 37.8 Å². The second-order valence-corrected chi connectivity index (χ2v) is 7.08. The van der Waals surface area contributed by atoms with E-state index in [1.165, 1.54) is 32.3 Å². The predicted octanol–water partition coefficient (Wildman–Crippen LogP) is -0.0855. The summed E-state index contributed by atoms with van der Waals surface area (Å²) in [4.78, 5) is 22.5. The number of nitrogens with one attached hydrogen (secondary N) is 1. The van der Waals surface area contributed by atoms with Gasteiger partial charge in [-0.2, -0.15) is 0 Å². The average Bonchev–Trinajstić information content (AvgIpc) is 2.35. The van der Waals surface area contributed by atoms with Crippen molar-refractivity contribution in [2.45, 2.75) is 4.90 Å². The summed E-state index contributed by atoms with van der Waals surface area (Å²) >= 11 is 3.16. The van der Waals surface area contributed by atoms with Crippen LogP contribution in [0, 0.1) is 0 Å². The Balaban J connectivity index is 3.16. The summed E-state index contributed by atoms with van der Waals surface area (Å²) < 4.78 is 25.4. The van der Waals surface area contributed by atoms with Gasteiger partial charge in [0.05, 0.1) is 17.0 Å². The third-order valence-corrected chi connectivity index (χ3v) is 4.89. The highest BCUT2D eigenvalue weighted by Crippen LogP contribution is 2.22. The normalized spacial score (nSPS) is 11.4. The summed E-state index contributed by atoms with van der Waals surface area (Å²) in [5.74, 6) is -1.28. The van der Waals surface area contributed by atoms with Gasteiger partial charge in [-0.3, -0.25) is 9.59 Å². The average molecular weight is 364 g/mol. The molecule has 0 aromatic heterocycles. The van der Waals surface area contributed by atoms with Crippen LogP contribution in [0.15, 0.2) is 27.6 Å². The van der Waals surface area contributed by atoms with E-state index in [-0.39, 0.29) is 17.0 Å². The lowest BCUT2D eigenvalue weighted by atomic mass is 10.2. The molecule has 3 N–H and O–H groups in total. The Morgan fingerprint density at radius 3 is 2.45 bits per heavy atom. The molecule has 0 atom stereocenters. The van der Waals surface area contributed by atoms with Crippen LogP contribution in [0.5, 0.6) is 0 Å². The topological polar surface area (TPSA) is 110 Å². The minimum absolute atomic E-state index is 0.0186. The summed E-state index contributed by atoms with van der Waals surface area (Å²) in [5, 5.41) is 2.30. The fraction of sp³-hybridized carbons (Fsp3) is 0.273. The van der Waals surface area contributed by atoms with E-state index in [1.807, 2.05) is 0 Å². The summed E-state index contributed by atoms with van der Waals surface area (Å²) in [6, 6.07) is 4.07. The molecular formula is C11H14BrN3O4S. The number of sulfonamides is 1. The molecule has 0 heterocycles. The molecule has 0 fully saturated rings. The van der Waals surface area contributed by atoms with Gasteiger partial charge in [0, 0.05) is 18.6 Å². The Morgan fingerprint density at radius 2 is 1.95 bits per heavy atom. The van der Waals surface area contributed by atoms with Crippen molar-refractivity contribution in [1.82, 2.24) is 9.62 Å². The van der Waals surface area contributed by atoms with E-state index in [0.29, 0.717) is 4.47 Å². The van der Waals surface area contributed by atoms with Gasteiger partial charge in [0.15, 0.2) is 0 Å². The van der Waals surface area contributed by atoms with Gasteiger partial charge in [-0.25, -0.2) is 12.7 Å². The monoisotopic (exact) mass is 363 g/mol. The van der Waals surface area contributed by atoms with Gasteiger partial charge in [0.2, 0.25) is 15.9 Å². The van der Waals surface area contributed by atoms with Gasteiger partial charge < -0.3 is 11.1 Å². The zero-order chi connectivity index (χ0) is 15.5. The first-order valence-corrected chi connectivity index (χ1v) is 7.68. The lowest BCUT2D eigenvalue weighted by Crippen LogP contribution is -2.33. The SMILES string of the molecule is CN(C)S(=O)(=O)c1ccc(Br)c(C(=O)NCC(N)=O)c1. The van der Waals surface area contributed by atoms with Crippen LogP contribution in [-0.4, -0.2) is 45.2 Å². The standard InChI is InChI=1S/C11H14BrN3O4S/c1-15(2)20(18,19)7-3-4-9(12)8(5-7)11(17)14-6-10(13)16/h3-5H,6H2,1-2H3,(H2,13,16)(H,14,17). The number of hydrogen-bond acceptors (Lipinski definition) is 4. The summed E-state index contributed by atoms with van der Waals surface area (Å²) in [5.41, 5.74) is 5.03. The predicted molar refractivity (Wildman–Crippen MR) is 76.5 cm³/mol. The third-order valence-electron chi connectivity index (χ3n) is 2.38. The van der Waals surface area contributed by atoms with Crippen molar-refractivity contribution in [2.24, 2.45) is 5.73 Å². The molecule has 9 heteroatoms. The van der Waals surface area contributed by atoms with Crippen LogP contribution in [0.25, 0.3) is 0 Å². The molecule has 0 aliphatic rings. The minimum Gasteiger partial charge on any atom is -0.368 e. The van der Waals surface area contributed by atoms with Crippen LogP contribution < -0.4 is 11.1 Å². The van der Waals surface area contributed by atoms with Crippen LogP contribution in [0.4, 0.5) is 0 Å². The van der Waals surface area contributed by atoms with Gasteiger partial charge in [-0.05, 0) is 34.1 Å². The van der Waals surface area contributed by atoms with E-state index >= 15 is 0 Å². The lowest BCUT2D eigenvalue weighted by Gasteiger charge is -2.13. The fourth-order valence-electron chi connectivity index (χ4n) is 1.31. The first kappa shape index (κ1) is 16.6. The summed E-state index contributed by atoms with van der Waals surface area (Å²) in [6.45, 7) is -0.323. The molecule has 0 radical (unpaired) electrons. The smallest absolute Gasteiger partial charge is 0.252 e. The van der Waals surface area contributed by atoms with Crippen molar-refractivity contribution in [3.8, 4) is 0 Å². The maximum absolute atomic E-state index is 12.0. The second-order valence-electron chi connectivity index (χ2n) is 4.08. The first-order chi connectivity index (χ1) is 9.16. The minimum atomic E-state index is -3.64. The van der Waals surface area contributed by atoms with Crippen molar-refractivity contribution in [2.75, 3.05) is 20.6 Å². The molecule has 0 saturated carbocycles. The van der Waals surface area contributed by atoms with Crippen molar-refractivity contribution in [3.63, 3.8) is 0 Å². The lowest BCUT2D eigenvalue weighted by molar-refractivity contribution is -0.117. The Kier molecular flexibility index (Phi) is 5.26. The van der Waals surface area contributed by atoms with Gasteiger partial charge in [0.1, 0.15) is 0 Å². The molecule has 7 nitrogen and oxygen atoms in total. The van der Waals surface area contributed by atoms with Gasteiger partial charge >= 0.3 is 0 Å². The maximum atomic E-state index is 12.0. The van der Waals surface area contributed by atoms with Crippen LogP contribution in [-0.2, 0) is 14.8 Å². The van der Waals surface area contributed by atoms with Crippen molar-refractivity contribution in [3.05, 3.63) is 28.2 Å². The molecular weight excluding hydrogens is 350 g/mol. The molecule has 20 heavy (non-hydrogen) atoms. The Morgan fingerprint density at radius 1 is 1.35 bits per heavy atom. The highest BCUT2D eigenvalue weighted by Gasteiger charge is 2.20. The number of carbonyl (C=O) groups is 2. The van der Waals surface area contributed by atoms with E-state index in [0.717, 1.165) is 4.31 Å².